The maximum atomic E-state index is 13.0. The van der Waals surface area contributed by atoms with Crippen molar-refractivity contribution in [3.05, 3.63) is 48.0 Å². The number of primary sulfonamides is 1. The summed E-state index contributed by atoms with van der Waals surface area (Å²) in [4.78, 5) is 98.8. The Balaban J connectivity index is 1.94. The van der Waals surface area contributed by atoms with E-state index in [9.17, 15) is 46.8 Å². The molecule has 61 heavy (non-hydrogen) atoms. The van der Waals surface area contributed by atoms with Gasteiger partial charge in [0.25, 0.3) is 0 Å². The minimum atomic E-state index is -4.48. The molecule has 0 radical (unpaired) electrons. The number of hydrogen-bond donors (Lipinski definition) is 2. The number of sulfonamides is 1. The Kier molecular flexibility index (Phi) is 20.1. The van der Waals surface area contributed by atoms with Crippen LogP contribution < -0.4 is 15.2 Å². The normalized spacial score (nSPS) is 13.9. The van der Waals surface area contributed by atoms with Gasteiger partial charge in [0.05, 0.1) is 17.9 Å². The summed E-state index contributed by atoms with van der Waals surface area (Å²) in [6, 6.07) is 10.4. The van der Waals surface area contributed by atoms with Gasteiger partial charge in [0.15, 0.2) is 49.0 Å². The fourth-order valence-electron chi connectivity index (χ4n) is 4.51. The van der Waals surface area contributed by atoms with E-state index < -0.39 is 106 Å². The van der Waals surface area contributed by atoms with Crippen molar-refractivity contribution < 1.29 is 89.4 Å². The minimum absolute atomic E-state index is 0.0482. The van der Waals surface area contributed by atoms with E-state index >= 15 is 0 Å². The topological polar surface area (TPSA) is 292 Å². The molecule has 6 unspecified atom stereocenters. The third kappa shape index (κ3) is 16.7. The summed E-state index contributed by atoms with van der Waals surface area (Å²) in [5, 5.41) is 8.50. The highest BCUT2D eigenvalue weighted by Crippen LogP contribution is 2.37. The highest BCUT2D eigenvalue weighted by atomic mass is 32.2. The Morgan fingerprint density at radius 1 is 0.623 bits per heavy atom. The number of nitrogens with two attached hydrogens (primary N) is 1. The molecule has 0 spiro atoms. The molecule has 0 amide bonds. The molecule has 0 aliphatic rings. The fraction of sp³-hybridized carbons (Fsp3) is 0.487. The van der Waals surface area contributed by atoms with Crippen LogP contribution in [-0.4, -0.2) is 113 Å². The molecule has 2 aromatic carbocycles. The van der Waals surface area contributed by atoms with Gasteiger partial charge in [0, 0.05) is 6.54 Å². The Bertz CT molecular complexity index is 2010. The lowest BCUT2D eigenvalue weighted by Gasteiger charge is -2.20. The second-order valence-electron chi connectivity index (χ2n) is 12.9. The zero-order chi connectivity index (χ0) is 46.0. The molecule has 336 valence electrons. The molecular formula is C39H50N2O19S. The van der Waals surface area contributed by atoms with Gasteiger partial charge in [0.2, 0.25) is 10.0 Å². The number of para-hydroxylation sites is 1. The van der Waals surface area contributed by atoms with E-state index in [2.05, 4.69) is 5.32 Å². The van der Waals surface area contributed by atoms with E-state index in [1.165, 1.54) is 13.0 Å². The van der Waals surface area contributed by atoms with Crippen LogP contribution in [-0.2, 0) is 81.5 Å². The third-order valence-corrected chi connectivity index (χ3v) is 8.69. The standard InChI is InChI=1S/C39H50N2O19S/c1-9-11-17-41-29-18-27(19-30(61(40,50)51)32(29)60-28-15-13-12-14-16-28)39(49)53-20-31(42)54-22(4)34(44)56-24(6)36(46)58-26(8)38(48)59-25(7)37(47)57-23(5)35(45)55-21(3)33(43)52-10-2/h12-16,18-19,21-26,41H,9-11,17,20H2,1-8H3,(H2,40,50,51). The van der Waals surface area contributed by atoms with Gasteiger partial charge in [-0.2, -0.15) is 0 Å². The monoisotopic (exact) mass is 882 g/mol. The van der Waals surface area contributed by atoms with Crippen LogP contribution in [0.15, 0.2) is 47.4 Å². The molecule has 0 fully saturated rings. The zero-order valence-electron chi connectivity index (χ0n) is 34.8. The Hall–Kier alpha value is -6.29. The van der Waals surface area contributed by atoms with Crippen LogP contribution in [0.2, 0.25) is 0 Å². The fourth-order valence-corrected chi connectivity index (χ4v) is 5.21. The number of hydrogen-bond acceptors (Lipinski definition) is 20. The molecule has 2 rings (SSSR count). The first-order valence-corrected chi connectivity index (χ1v) is 20.4. The van der Waals surface area contributed by atoms with Crippen LogP contribution in [0.25, 0.3) is 0 Å². The van der Waals surface area contributed by atoms with Gasteiger partial charge in [-0.3, -0.25) is 0 Å². The van der Waals surface area contributed by atoms with Crippen LogP contribution in [0.4, 0.5) is 5.69 Å². The SMILES string of the molecule is CCCCNc1cc(C(=O)OCC(=O)OC(C)C(=O)OC(C)C(=O)OC(C)C(=O)OC(C)C(=O)OC(C)C(=O)OC(C)C(=O)OCC)cc(S(N)(=O)=O)c1Oc1ccccc1. The number of benzene rings is 2. The quantitative estimate of drug-likeness (QED) is 0.0921. The van der Waals surface area contributed by atoms with Gasteiger partial charge in [-0.15, -0.1) is 0 Å². The van der Waals surface area contributed by atoms with Gasteiger partial charge in [-0.1, -0.05) is 31.5 Å². The lowest BCUT2D eigenvalue weighted by molar-refractivity contribution is -0.188. The molecule has 0 aliphatic carbocycles. The number of rotatable bonds is 23. The van der Waals surface area contributed by atoms with Gasteiger partial charge < -0.3 is 47.9 Å². The van der Waals surface area contributed by atoms with Crippen molar-refractivity contribution in [2.24, 2.45) is 5.14 Å². The summed E-state index contributed by atoms with van der Waals surface area (Å²) in [6.45, 7) is 9.62. The lowest BCUT2D eigenvalue weighted by Crippen LogP contribution is -2.39. The second-order valence-corrected chi connectivity index (χ2v) is 14.5. The summed E-state index contributed by atoms with van der Waals surface area (Å²) in [5.41, 5.74) is -0.224. The Labute approximate surface area is 351 Å². The number of ether oxygens (including phenoxy) is 9. The van der Waals surface area contributed by atoms with Gasteiger partial charge >= 0.3 is 47.8 Å². The molecule has 0 bridgehead atoms. The first-order chi connectivity index (χ1) is 28.6. The Morgan fingerprint density at radius 3 is 1.49 bits per heavy atom. The van der Waals surface area contributed by atoms with E-state index in [0.29, 0.717) is 13.0 Å². The molecule has 22 heteroatoms. The van der Waals surface area contributed by atoms with Gasteiger partial charge in [0.1, 0.15) is 10.6 Å². The second kappa shape index (κ2) is 24.1. The van der Waals surface area contributed by atoms with Crippen LogP contribution in [0.5, 0.6) is 11.5 Å². The predicted molar refractivity (Wildman–Crippen MR) is 208 cm³/mol. The molecule has 0 saturated heterocycles. The van der Waals surface area contributed by atoms with Crippen molar-refractivity contribution in [3.8, 4) is 11.5 Å². The summed E-state index contributed by atoms with van der Waals surface area (Å²) < 4.78 is 70.4. The molecule has 0 aliphatic heterocycles. The van der Waals surface area contributed by atoms with E-state index in [4.69, 9.17) is 47.8 Å². The minimum Gasteiger partial charge on any atom is -0.463 e. The molecule has 21 nitrogen and oxygen atoms in total. The first kappa shape index (κ1) is 50.9. The number of anilines is 1. The first-order valence-electron chi connectivity index (χ1n) is 18.8. The summed E-state index contributed by atoms with van der Waals surface area (Å²) in [5.74, 6) is -9.06. The number of carbonyl (C=O) groups is 8. The smallest absolute Gasteiger partial charge is 0.347 e. The summed E-state index contributed by atoms with van der Waals surface area (Å²) in [7, 11) is -4.48. The predicted octanol–water partition coefficient (Wildman–Crippen LogP) is 2.65. The van der Waals surface area contributed by atoms with Crippen LogP contribution in [0.3, 0.4) is 0 Å². The third-order valence-electron chi connectivity index (χ3n) is 7.78. The largest absolute Gasteiger partial charge is 0.463 e. The lowest BCUT2D eigenvalue weighted by atomic mass is 10.1. The molecule has 2 aromatic rings. The zero-order valence-corrected chi connectivity index (χ0v) is 35.6. The number of unbranched alkanes of at least 4 members (excludes halogenated alkanes) is 1. The maximum absolute atomic E-state index is 13.0. The highest BCUT2D eigenvalue weighted by Gasteiger charge is 2.33. The van der Waals surface area contributed by atoms with Crippen molar-refractivity contribution in [1.82, 2.24) is 0 Å². The van der Waals surface area contributed by atoms with Crippen molar-refractivity contribution in [2.75, 3.05) is 25.1 Å². The molecule has 3 N–H and O–H groups in total. The molecular weight excluding hydrogens is 832 g/mol. The van der Waals surface area contributed by atoms with Crippen LogP contribution >= 0.6 is 0 Å². The van der Waals surface area contributed by atoms with Crippen molar-refractivity contribution >= 4 is 63.5 Å². The van der Waals surface area contributed by atoms with Crippen molar-refractivity contribution in [2.45, 2.75) is 110 Å². The average Bonchev–Trinajstić information content (AvgIpc) is 3.20. The molecule has 0 heterocycles. The van der Waals surface area contributed by atoms with Gasteiger partial charge in [-0.05, 0) is 79.2 Å². The molecule has 6 atom stereocenters. The maximum Gasteiger partial charge on any atom is 0.347 e. The highest BCUT2D eigenvalue weighted by molar-refractivity contribution is 7.89. The van der Waals surface area contributed by atoms with Gasteiger partial charge in [-0.25, -0.2) is 51.9 Å². The summed E-state index contributed by atoms with van der Waals surface area (Å²) >= 11 is 0. The Morgan fingerprint density at radius 2 is 1.07 bits per heavy atom. The summed E-state index contributed by atoms with van der Waals surface area (Å²) in [6.07, 6.45) is -7.87. The van der Waals surface area contributed by atoms with Crippen molar-refractivity contribution in [3.63, 3.8) is 0 Å². The molecule has 0 aromatic heterocycles. The number of nitrogens with one attached hydrogen (secondary N) is 1. The van der Waals surface area contributed by atoms with Crippen molar-refractivity contribution in [1.29, 1.82) is 0 Å². The van der Waals surface area contributed by atoms with Crippen LogP contribution in [0, 0.1) is 0 Å². The number of esters is 8. The van der Waals surface area contributed by atoms with E-state index in [1.54, 1.807) is 37.3 Å². The average molecular weight is 883 g/mol. The molecule has 0 saturated carbocycles. The number of carbonyl (C=O) groups excluding carboxylic acids is 8. The van der Waals surface area contributed by atoms with E-state index in [1.807, 2.05) is 6.92 Å². The van der Waals surface area contributed by atoms with E-state index in [-0.39, 0.29) is 29.4 Å². The van der Waals surface area contributed by atoms with E-state index in [0.717, 1.165) is 47.1 Å². The van der Waals surface area contributed by atoms with Crippen LogP contribution in [0.1, 0.15) is 78.6 Å².